The maximum Gasteiger partial charge on any atom is 0.131 e. The molecule has 1 saturated carbocycles. The maximum atomic E-state index is 5.60. The van der Waals surface area contributed by atoms with Gasteiger partial charge in [0.15, 0.2) is 0 Å². The number of ether oxygens (including phenoxy) is 1. The molecule has 0 saturated heterocycles. The highest BCUT2D eigenvalue weighted by Gasteiger charge is 2.20. The van der Waals surface area contributed by atoms with Crippen LogP contribution in [-0.4, -0.2) is 36.3 Å². The van der Waals surface area contributed by atoms with Gasteiger partial charge in [-0.2, -0.15) is 0 Å². The highest BCUT2D eigenvalue weighted by molar-refractivity contribution is 5.47. The zero-order chi connectivity index (χ0) is 13.5. The fraction of sp³-hybridized carbons (Fsp3) is 0.714. The molecule has 1 heterocycles. The third-order valence-corrected chi connectivity index (χ3v) is 3.02. The Bertz CT molecular complexity index is 393. The molecule has 0 unspecified atom stereocenters. The number of rotatable bonds is 9. The first-order valence-electron chi connectivity index (χ1n) is 7.19. The molecule has 2 N–H and O–H groups in total. The molecule has 5 heteroatoms. The van der Waals surface area contributed by atoms with Gasteiger partial charge in [-0.3, -0.25) is 0 Å². The summed E-state index contributed by atoms with van der Waals surface area (Å²) >= 11 is 0. The normalized spacial score (nSPS) is 14.4. The number of hydrogen-bond donors (Lipinski definition) is 2. The van der Waals surface area contributed by atoms with Crippen LogP contribution in [0.3, 0.4) is 0 Å². The van der Waals surface area contributed by atoms with Gasteiger partial charge in [-0.1, -0.05) is 0 Å². The van der Waals surface area contributed by atoms with Gasteiger partial charge in [0, 0.05) is 32.4 Å². The van der Waals surface area contributed by atoms with Crippen LogP contribution in [0.15, 0.2) is 6.07 Å². The quantitative estimate of drug-likeness (QED) is 0.671. The Morgan fingerprint density at radius 2 is 2.00 bits per heavy atom. The number of hydrogen-bond acceptors (Lipinski definition) is 5. The van der Waals surface area contributed by atoms with Gasteiger partial charge in [0.25, 0.3) is 0 Å². The second-order valence-electron chi connectivity index (χ2n) is 5.01. The van der Waals surface area contributed by atoms with Crippen LogP contribution in [0, 0.1) is 12.8 Å². The van der Waals surface area contributed by atoms with E-state index in [0.717, 1.165) is 56.1 Å². The van der Waals surface area contributed by atoms with E-state index in [4.69, 9.17) is 4.74 Å². The van der Waals surface area contributed by atoms with Crippen molar-refractivity contribution in [1.82, 2.24) is 9.97 Å². The summed E-state index contributed by atoms with van der Waals surface area (Å²) in [5.41, 5.74) is 0. The summed E-state index contributed by atoms with van der Waals surface area (Å²) in [5, 5.41) is 6.52. The van der Waals surface area contributed by atoms with E-state index in [2.05, 4.69) is 27.5 Å². The third kappa shape index (κ3) is 5.42. The highest BCUT2D eigenvalue weighted by atomic mass is 16.5. The molecule has 0 bridgehead atoms. The van der Waals surface area contributed by atoms with Gasteiger partial charge in [-0.15, -0.1) is 0 Å². The maximum absolute atomic E-state index is 5.60. The first-order chi connectivity index (χ1) is 9.28. The zero-order valence-corrected chi connectivity index (χ0v) is 11.9. The summed E-state index contributed by atoms with van der Waals surface area (Å²) < 4.78 is 5.60. The lowest BCUT2D eigenvalue weighted by Gasteiger charge is -2.09. The summed E-state index contributed by atoms with van der Waals surface area (Å²) in [7, 11) is 0. The average Bonchev–Trinajstić information content (AvgIpc) is 3.17. The number of aromatic nitrogens is 2. The standard InChI is InChI=1S/C14H24N4O/c1-3-15-13-9-14(18-11(2)17-13)16-7-4-8-19-10-12-5-6-12/h9,12H,3-8,10H2,1-2H3,(H2,15,16,17,18). The molecule has 5 nitrogen and oxygen atoms in total. The van der Waals surface area contributed by atoms with Crippen molar-refractivity contribution in [2.75, 3.05) is 36.9 Å². The fourth-order valence-corrected chi connectivity index (χ4v) is 1.86. The molecule has 0 aromatic carbocycles. The Labute approximate surface area is 115 Å². The molecule has 1 aromatic rings. The van der Waals surface area contributed by atoms with E-state index in [1.807, 2.05) is 13.0 Å². The fourth-order valence-electron chi connectivity index (χ4n) is 1.86. The largest absolute Gasteiger partial charge is 0.381 e. The molecule has 1 aliphatic rings. The van der Waals surface area contributed by atoms with Crippen LogP contribution in [0.25, 0.3) is 0 Å². The molecule has 1 aliphatic carbocycles. The van der Waals surface area contributed by atoms with E-state index in [-0.39, 0.29) is 0 Å². The van der Waals surface area contributed by atoms with Gasteiger partial charge in [0.2, 0.25) is 0 Å². The minimum absolute atomic E-state index is 0.783. The molecular formula is C14H24N4O. The minimum Gasteiger partial charge on any atom is -0.381 e. The highest BCUT2D eigenvalue weighted by Crippen LogP contribution is 2.28. The van der Waals surface area contributed by atoms with Crippen LogP contribution in [0.1, 0.15) is 32.0 Å². The van der Waals surface area contributed by atoms with Crippen LogP contribution in [0.4, 0.5) is 11.6 Å². The number of anilines is 2. The number of nitrogens with zero attached hydrogens (tertiary/aromatic N) is 2. The number of aryl methyl sites for hydroxylation is 1. The van der Waals surface area contributed by atoms with E-state index in [9.17, 15) is 0 Å². The molecule has 19 heavy (non-hydrogen) atoms. The molecule has 0 amide bonds. The lowest BCUT2D eigenvalue weighted by Crippen LogP contribution is -2.10. The molecule has 1 fully saturated rings. The molecule has 0 spiro atoms. The monoisotopic (exact) mass is 264 g/mol. The van der Waals surface area contributed by atoms with Crippen LogP contribution >= 0.6 is 0 Å². The predicted molar refractivity (Wildman–Crippen MR) is 77.6 cm³/mol. The lowest BCUT2D eigenvalue weighted by molar-refractivity contribution is 0.124. The third-order valence-electron chi connectivity index (χ3n) is 3.02. The molecule has 0 atom stereocenters. The van der Waals surface area contributed by atoms with Gasteiger partial charge in [0.05, 0.1) is 0 Å². The van der Waals surface area contributed by atoms with Crippen molar-refractivity contribution in [2.24, 2.45) is 5.92 Å². The van der Waals surface area contributed by atoms with E-state index < -0.39 is 0 Å². The lowest BCUT2D eigenvalue weighted by atomic mass is 10.4. The van der Waals surface area contributed by atoms with Gasteiger partial charge in [0.1, 0.15) is 17.5 Å². The summed E-state index contributed by atoms with van der Waals surface area (Å²) in [6, 6.07) is 1.95. The predicted octanol–water partition coefficient (Wildman–Crippen LogP) is 2.45. The van der Waals surface area contributed by atoms with Crippen LogP contribution in [0.2, 0.25) is 0 Å². The Hall–Kier alpha value is -1.36. The Morgan fingerprint density at radius 1 is 1.26 bits per heavy atom. The van der Waals surface area contributed by atoms with E-state index in [0.29, 0.717) is 0 Å². The summed E-state index contributed by atoms with van der Waals surface area (Å²) in [6.07, 6.45) is 3.71. The Balaban J connectivity index is 1.65. The van der Waals surface area contributed by atoms with Gasteiger partial charge >= 0.3 is 0 Å². The van der Waals surface area contributed by atoms with E-state index >= 15 is 0 Å². The van der Waals surface area contributed by atoms with Gasteiger partial charge in [-0.05, 0) is 39.0 Å². The smallest absolute Gasteiger partial charge is 0.131 e. The van der Waals surface area contributed by atoms with Crippen molar-refractivity contribution in [2.45, 2.75) is 33.1 Å². The molecular weight excluding hydrogens is 240 g/mol. The molecule has 0 aliphatic heterocycles. The average molecular weight is 264 g/mol. The van der Waals surface area contributed by atoms with Crippen molar-refractivity contribution in [3.05, 3.63) is 11.9 Å². The molecule has 2 rings (SSSR count). The van der Waals surface area contributed by atoms with E-state index in [1.54, 1.807) is 0 Å². The van der Waals surface area contributed by atoms with Crippen LogP contribution < -0.4 is 10.6 Å². The van der Waals surface area contributed by atoms with Crippen molar-refractivity contribution in [3.8, 4) is 0 Å². The van der Waals surface area contributed by atoms with Crippen molar-refractivity contribution in [3.63, 3.8) is 0 Å². The second kappa shape index (κ2) is 7.28. The summed E-state index contributed by atoms with van der Waals surface area (Å²) in [5.74, 6) is 3.39. The SMILES string of the molecule is CCNc1cc(NCCCOCC2CC2)nc(C)n1. The topological polar surface area (TPSA) is 59.1 Å². The summed E-state index contributed by atoms with van der Waals surface area (Å²) in [4.78, 5) is 8.69. The molecule has 106 valence electrons. The van der Waals surface area contributed by atoms with Gasteiger partial charge in [-0.25, -0.2) is 9.97 Å². The van der Waals surface area contributed by atoms with E-state index in [1.165, 1.54) is 12.8 Å². The van der Waals surface area contributed by atoms with Gasteiger partial charge < -0.3 is 15.4 Å². The molecule has 0 radical (unpaired) electrons. The Kier molecular flexibility index (Phi) is 5.39. The minimum atomic E-state index is 0.783. The number of nitrogens with one attached hydrogen (secondary N) is 2. The van der Waals surface area contributed by atoms with Crippen molar-refractivity contribution in [1.29, 1.82) is 0 Å². The Morgan fingerprint density at radius 3 is 2.68 bits per heavy atom. The molecule has 1 aromatic heterocycles. The van der Waals surface area contributed by atoms with Crippen LogP contribution in [-0.2, 0) is 4.74 Å². The van der Waals surface area contributed by atoms with Crippen LogP contribution in [0.5, 0.6) is 0 Å². The first-order valence-corrected chi connectivity index (χ1v) is 7.19. The zero-order valence-electron chi connectivity index (χ0n) is 11.9. The first kappa shape index (κ1) is 14.1. The summed E-state index contributed by atoms with van der Waals surface area (Å²) in [6.45, 7) is 7.48. The van der Waals surface area contributed by atoms with Crippen molar-refractivity contribution < 1.29 is 4.74 Å². The second-order valence-corrected chi connectivity index (χ2v) is 5.01. The van der Waals surface area contributed by atoms with Crippen molar-refractivity contribution >= 4 is 11.6 Å².